The van der Waals surface area contributed by atoms with Crippen LogP contribution in [0.25, 0.3) is 11.3 Å². The first kappa shape index (κ1) is 20.0. The Morgan fingerprint density at radius 2 is 1.93 bits per heavy atom. The quantitative estimate of drug-likeness (QED) is 0.799. The lowest BCUT2D eigenvalue weighted by Gasteiger charge is -2.30. The van der Waals surface area contributed by atoms with Gasteiger partial charge < -0.3 is 5.32 Å². The van der Waals surface area contributed by atoms with Crippen molar-refractivity contribution in [3.05, 3.63) is 40.2 Å². The molecular weight excluding hydrogens is 382 g/mol. The van der Waals surface area contributed by atoms with Gasteiger partial charge >= 0.3 is 0 Å². The lowest BCUT2D eigenvalue weighted by Crippen LogP contribution is -2.43. The summed E-state index contributed by atoms with van der Waals surface area (Å²) in [7, 11) is -3.15. The van der Waals surface area contributed by atoms with E-state index in [0.717, 1.165) is 21.8 Å². The fraction of sp³-hybridized carbons (Fsp3) is 0.474. The van der Waals surface area contributed by atoms with E-state index in [4.69, 9.17) is 0 Å². The van der Waals surface area contributed by atoms with Crippen LogP contribution >= 0.6 is 11.3 Å². The number of thiazole rings is 1. The zero-order valence-electron chi connectivity index (χ0n) is 15.6. The molecule has 1 saturated heterocycles. The number of carbonyl (C=O) groups is 1. The van der Waals surface area contributed by atoms with Crippen molar-refractivity contribution in [2.45, 2.75) is 33.2 Å². The molecule has 1 N–H and O–H groups in total. The Morgan fingerprint density at radius 3 is 2.48 bits per heavy atom. The van der Waals surface area contributed by atoms with Crippen LogP contribution in [0.5, 0.6) is 0 Å². The monoisotopic (exact) mass is 407 g/mol. The minimum Gasteiger partial charge on any atom is -0.352 e. The van der Waals surface area contributed by atoms with Crippen molar-refractivity contribution in [2.75, 3.05) is 18.8 Å². The third-order valence-corrected chi connectivity index (χ3v) is 7.57. The number of nitrogens with zero attached hydrogens (tertiary/aromatic N) is 2. The molecule has 27 heavy (non-hydrogen) atoms. The van der Waals surface area contributed by atoms with Gasteiger partial charge in [0.05, 0.1) is 16.5 Å². The summed E-state index contributed by atoms with van der Waals surface area (Å²) in [4.78, 5) is 16.9. The zero-order chi connectivity index (χ0) is 19.4. The topological polar surface area (TPSA) is 79.4 Å². The number of piperidine rings is 1. The highest BCUT2D eigenvalue weighted by atomic mass is 32.2. The molecule has 0 saturated carbocycles. The van der Waals surface area contributed by atoms with Crippen LogP contribution in [0.4, 0.5) is 0 Å². The average molecular weight is 408 g/mol. The van der Waals surface area contributed by atoms with E-state index in [2.05, 4.69) is 10.3 Å². The Labute approximate surface area is 164 Å². The van der Waals surface area contributed by atoms with Gasteiger partial charge in [0.1, 0.15) is 0 Å². The number of hydrogen-bond donors (Lipinski definition) is 1. The van der Waals surface area contributed by atoms with Gasteiger partial charge in [0.2, 0.25) is 15.9 Å². The Morgan fingerprint density at radius 1 is 1.26 bits per heavy atom. The normalized spacial score (nSPS) is 16.4. The lowest BCUT2D eigenvalue weighted by atomic mass is 9.97. The fourth-order valence-corrected chi connectivity index (χ4v) is 4.96. The van der Waals surface area contributed by atoms with E-state index in [1.165, 1.54) is 4.31 Å². The van der Waals surface area contributed by atoms with Crippen LogP contribution in [0.3, 0.4) is 0 Å². The predicted octanol–water partition coefficient (Wildman–Crippen LogP) is 2.80. The molecule has 1 aliphatic heterocycles. The van der Waals surface area contributed by atoms with E-state index >= 15 is 0 Å². The molecule has 0 unspecified atom stereocenters. The molecule has 1 aromatic heterocycles. The molecule has 0 atom stereocenters. The Balaban J connectivity index is 1.50. The average Bonchev–Trinajstić information content (AvgIpc) is 3.13. The second-order valence-electron chi connectivity index (χ2n) is 6.74. The molecular formula is C19H25N3O3S2. The van der Waals surface area contributed by atoms with Crippen molar-refractivity contribution in [1.82, 2.24) is 14.6 Å². The van der Waals surface area contributed by atoms with Crippen molar-refractivity contribution >= 4 is 27.3 Å². The number of nitrogens with one attached hydrogen (secondary N) is 1. The largest absolute Gasteiger partial charge is 0.352 e. The second-order valence-corrected chi connectivity index (χ2v) is 10.1. The summed E-state index contributed by atoms with van der Waals surface area (Å²) in [6.45, 7) is 4.96. The number of hydrogen-bond acceptors (Lipinski definition) is 5. The highest BCUT2D eigenvalue weighted by Gasteiger charge is 2.29. The minimum atomic E-state index is -3.15. The van der Waals surface area contributed by atoms with E-state index in [0.29, 0.717) is 32.5 Å². The van der Waals surface area contributed by atoms with Gasteiger partial charge in [-0.3, -0.25) is 4.79 Å². The van der Waals surface area contributed by atoms with Crippen LogP contribution in [0.1, 0.15) is 30.3 Å². The van der Waals surface area contributed by atoms with E-state index in [-0.39, 0.29) is 17.6 Å². The number of aromatic nitrogens is 1. The van der Waals surface area contributed by atoms with E-state index in [1.54, 1.807) is 18.3 Å². The first-order valence-electron chi connectivity index (χ1n) is 9.16. The first-order valence-corrected chi connectivity index (χ1v) is 11.6. The number of rotatable bonds is 6. The number of amides is 1. The molecule has 0 radical (unpaired) electrons. The number of benzene rings is 1. The Hall–Kier alpha value is -1.77. The fourth-order valence-electron chi connectivity index (χ4n) is 3.20. The summed E-state index contributed by atoms with van der Waals surface area (Å²) in [6.07, 6.45) is 1.15. The Bertz CT molecular complexity index is 883. The summed E-state index contributed by atoms with van der Waals surface area (Å²) in [6, 6.07) is 8.04. The molecule has 146 valence electrons. The van der Waals surface area contributed by atoms with Crippen molar-refractivity contribution in [3.63, 3.8) is 0 Å². The SMILES string of the molecule is CCS(=O)(=O)N1CCC(C(=O)NCc2ccc(-c3csc(C)n3)cc2)CC1. The lowest BCUT2D eigenvalue weighted by molar-refractivity contribution is -0.126. The summed E-state index contributed by atoms with van der Waals surface area (Å²) in [5, 5.41) is 6.06. The predicted molar refractivity (Wildman–Crippen MR) is 108 cm³/mol. The van der Waals surface area contributed by atoms with Crippen molar-refractivity contribution in [3.8, 4) is 11.3 Å². The van der Waals surface area contributed by atoms with Crippen LogP contribution in [0.2, 0.25) is 0 Å². The first-order chi connectivity index (χ1) is 12.9. The highest BCUT2D eigenvalue weighted by molar-refractivity contribution is 7.89. The molecule has 1 aliphatic rings. The van der Waals surface area contributed by atoms with Gasteiger partial charge in [0.25, 0.3) is 0 Å². The van der Waals surface area contributed by atoms with Crippen molar-refractivity contribution < 1.29 is 13.2 Å². The van der Waals surface area contributed by atoms with Gasteiger partial charge in [-0.25, -0.2) is 17.7 Å². The summed E-state index contributed by atoms with van der Waals surface area (Å²) < 4.78 is 25.3. The van der Waals surface area contributed by atoms with Gasteiger partial charge in [0, 0.05) is 36.5 Å². The Kier molecular flexibility index (Phi) is 6.29. The highest BCUT2D eigenvalue weighted by Crippen LogP contribution is 2.22. The molecule has 0 bridgehead atoms. The maximum absolute atomic E-state index is 12.4. The third-order valence-electron chi connectivity index (χ3n) is 4.92. The van der Waals surface area contributed by atoms with E-state index in [9.17, 15) is 13.2 Å². The molecule has 1 aromatic carbocycles. The molecule has 1 fully saturated rings. The van der Waals surface area contributed by atoms with Gasteiger partial charge in [-0.05, 0) is 32.3 Å². The number of aryl methyl sites for hydroxylation is 1. The number of carbonyl (C=O) groups excluding carboxylic acids is 1. The molecule has 2 heterocycles. The van der Waals surface area contributed by atoms with Gasteiger partial charge in [-0.1, -0.05) is 24.3 Å². The second kappa shape index (κ2) is 8.50. The zero-order valence-corrected chi connectivity index (χ0v) is 17.3. The van der Waals surface area contributed by atoms with E-state index in [1.807, 2.05) is 36.6 Å². The molecule has 6 nitrogen and oxygen atoms in total. The van der Waals surface area contributed by atoms with Gasteiger partial charge in [0.15, 0.2) is 0 Å². The van der Waals surface area contributed by atoms with Crippen molar-refractivity contribution in [1.29, 1.82) is 0 Å². The van der Waals surface area contributed by atoms with Gasteiger partial charge in [-0.2, -0.15) is 0 Å². The maximum atomic E-state index is 12.4. The number of sulfonamides is 1. The van der Waals surface area contributed by atoms with Crippen molar-refractivity contribution in [2.24, 2.45) is 5.92 Å². The molecule has 3 rings (SSSR count). The van der Waals surface area contributed by atoms with Crippen LogP contribution < -0.4 is 5.32 Å². The molecule has 2 aromatic rings. The molecule has 1 amide bonds. The van der Waals surface area contributed by atoms with E-state index < -0.39 is 10.0 Å². The molecule has 0 spiro atoms. The maximum Gasteiger partial charge on any atom is 0.223 e. The van der Waals surface area contributed by atoms with Gasteiger partial charge in [-0.15, -0.1) is 11.3 Å². The van der Waals surface area contributed by atoms with Crippen LogP contribution in [0, 0.1) is 12.8 Å². The molecule has 0 aliphatic carbocycles. The minimum absolute atomic E-state index is 0.00255. The van der Waals surface area contributed by atoms with Crippen LogP contribution in [-0.2, 0) is 21.4 Å². The van der Waals surface area contributed by atoms with Crippen LogP contribution in [0.15, 0.2) is 29.6 Å². The smallest absolute Gasteiger partial charge is 0.223 e. The molecule has 8 heteroatoms. The summed E-state index contributed by atoms with van der Waals surface area (Å²) >= 11 is 1.63. The third kappa shape index (κ3) is 4.94. The van der Waals surface area contributed by atoms with Crippen LogP contribution in [-0.4, -0.2) is 42.5 Å². The standard InChI is InChI=1S/C19H25N3O3S2/c1-3-27(24,25)22-10-8-17(9-11-22)19(23)20-12-15-4-6-16(7-5-15)18-13-26-14(2)21-18/h4-7,13,17H,3,8-12H2,1-2H3,(H,20,23). The summed E-state index contributed by atoms with van der Waals surface area (Å²) in [5.41, 5.74) is 3.07. The summed E-state index contributed by atoms with van der Waals surface area (Å²) in [5.74, 6) is -0.00587.